The van der Waals surface area contributed by atoms with Crippen LogP contribution < -0.4 is 15.9 Å². The zero-order valence-electron chi connectivity index (χ0n) is 28.2. The fourth-order valence-electron chi connectivity index (χ4n) is 7.16. The van der Waals surface area contributed by atoms with Gasteiger partial charge in [0.05, 0.1) is 0 Å². The molecule has 0 amide bonds. The van der Waals surface area contributed by atoms with E-state index in [4.69, 9.17) is 15.0 Å². The highest BCUT2D eigenvalue weighted by Crippen LogP contribution is 2.45. The minimum Gasteiger partial charge on any atom is -0.309 e. The first kappa shape index (κ1) is 31.5. The van der Waals surface area contributed by atoms with Crippen molar-refractivity contribution in [3.8, 4) is 45.3 Å². The SMILES string of the molecule is O=P(c1ccccc1)(c1ccccc1)c1ccc(-c2c3ccccc3c(-c3nc(-c4ccccc4)nc(-c4ccccc4)n3)c3ccccc23)cc1. The van der Waals surface area contributed by atoms with Crippen LogP contribution >= 0.6 is 7.14 Å². The first-order valence-electron chi connectivity index (χ1n) is 17.3. The summed E-state index contributed by atoms with van der Waals surface area (Å²) >= 11 is 0. The Kier molecular flexibility index (Phi) is 8.08. The highest BCUT2D eigenvalue weighted by atomic mass is 31.2. The molecule has 8 aromatic carbocycles. The van der Waals surface area contributed by atoms with E-state index in [1.807, 2.05) is 133 Å². The fourth-order valence-corrected chi connectivity index (χ4v) is 9.81. The molecule has 5 heteroatoms. The van der Waals surface area contributed by atoms with Crippen molar-refractivity contribution in [2.45, 2.75) is 0 Å². The number of nitrogens with zero attached hydrogens (tertiary/aromatic N) is 3. The molecule has 0 unspecified atom stereocenters. The maximum Gasteiger partial charge on any atom is 0.171 e. The second-order valence-electron chi connectivity index (χ2n) is 12.7. The Morgan fingerprint density at radius 1 is 0.288 bits per heavy atom. The largest absolute Gasteiger partial charge is 0.309 e. The standard InChI is InChI=1S/C47H32N3OP/c51-52(36-21-9-3-10-22-36,37-23-11-4-12-24-37)38-31-29-33(30-32-38)43-39-25-13-15-27-41(39)44(42-28-16-14-26-40(42)43)47-49-45(34-17-5-1-6-18-34)48-46(50-47)35-19-7-2-8-20-35/h1-32H. The quantitative estimate of drug-likeness (QED) is 0.124. The van der Waals surface area contributed by atoms with E-state index in [2.05, 4.69) is 60.7 Å². The Hall–Kier alpha value is -6.48. The average Bonchev–Trinajstić information content (AvgIpc) is 3.23. The van der Waals surface area contributed by atoms with Crippen molar-refractivity contribution in [3.63, 3.8) is 0 Å². The van der Waals surface area contributed by atoms with E-state index >= 15 is 4.57 Å². The van der Waals surface area contributed by atoms with Crippen LogP contribution in [0.1, 0.15) is 0 Å². The lowest BCUT2D eigenvalue weighted by Gasteiger charge is -2.21. The first-order valence-corrected chi connectivity index (χ1v) is 19.0. The molecular weight excluding hydrogens is 654 g/mol. The molecule has 0 radical (unpaired) electrons. The van der Waals surface area contributed by atoms with Crippen molar-refractivity contribution in [1.82, 2.24) is 15.0 Å². The molecular formula is C47H32N3OP. The Labute approximate surface area is 302 Å². The molecule has 0 aliphatic carbocycles. The minimum absolute atomic E-state index is 0.619. The van der Waals surface area contributed by atoms with Gasteiger partial charge in [0.15, 0.2) is 24.6 Å². The summed E-state index contributed by atoms with van der Waals surface area (Å²) in [5.41, 5.74) is 4.97. The van der Waals surface area contributed by atoms with Gasteiger partial charge in [0.25, 0.3) is 0 Å². The maximum atomic E-state index is 15.1. The van der Waals surface area contributed by atoms with Crippen LogP contribution in [0.2, 0.25) is 0 Å². The summed E-state index contributed by atoms with van der Waals surface area (Å²) in [6, 6.07) is 65.0. The Morgan fingerprint density at radius 3 is 1.04 bits per heavy atom. The normalized spacial score (nSPS) is 11.5. The van der Waals surface area contributed by atoms with Gasteiger partial charge in [-0.2, -0.15) is 0 Å². The lowest BCUT2D eigenvalue weighted by molar-refractivity contribution is 0.592. The number of rotatable bonds is 7. The molecule has 0 fully saturated rings. The van der Waals surface area contributed by atoms with Gasteiger partial charge in [-0.25, -0.2) is 15.0 Å². The maximum absolute atomic E-state index is 15.1. The van der Waals surface area contributed by atoms with Gasteiger partial charge in [0.1, 0.15) is 0 Å². The molecule has 0 N–H and O–H groups in total. The summed E-state index contributed by atoms with van der Waals surface area (Å²) in [7, 11) is -3.11. The predicted octanol–water partition coefficient (Wildman–Crippen LogP) is 10.5. The number of hydrogen-bond acceptors (Lipinski definition) is 4. The van der Waals surface area contributed by atoms with Crippen molar-refractivity contribution < 1.29 is 4.57 Å². The molecule has 9 aromatic rings. The van der Waals surface area contributed by atoms with Crippen LogP contribution in [0.25, 0.3) is 66.8 Å². The molecule has 0 bridgehead atoms. The van der Waals surface area contributed by atoms with Crippen LogP contribution in [0.3, 0.4) is 0 Å². The topological polar surface area (TPSA) is 55.7 Å². The summed E-state index contributed by atoms with van der Waals surface area (Å²) in [4.78, 5) is 15.2. The van der Waals surface area contributed by atoms with Crippen LogP contribution in [0.15, 0.2) is 194 Å². The first-order chi connectivity index (χ1) is 25.7. The minimum atomic E-state index is -3.11. The van der Waals surface area contributed by atoms with E-state index in [1.165, 1.54) is 0 Å². The van der Waals surface area contributed by atoms with Gasteiger partial charge in [-0.3, -0.25) is 0 Å². The third kappa shape index (κ3) is 5.51. The van der Waals surface area contributed by atoms with Crippen molar-refractivity contribution in [3.05, 3.63) is 194 Å². The molecule has 1 heterocycles. The van der Waals surface area contributed by atoms with E-state index in [0.717, 1.165) is 65.3 Å². The lowest BCUT2D eigenvalue weighted by Crippen LogP contribution is -2.24. The highest BCUT2D eigenvalue weighted by Gasteiger charge is 2.30. The molecule has 4 nitrogen and oxygen atoms in total. The van der Waals surface area contributed by atoms with E-state index in [-0.39, 0.29) is 0 Å². The summed E-state index contributed by atoms with van der Waals surface area (Å²) in [5.74, 6) is 1.87. The number of fused-ring (bicyclic) bond motifs is 2. The molecule has 0 aliphatic rings. The monoisotopic (exact) mass is 685 g/mol. The summed E-state index contributed by atoms with van der Waals surface area (Å²) < 4.78 is 15.1. The molecule has 9 rings (SSSR count). The Balaban J connectivity index is 1.26. The van der Waals surface area contributed by atoms with Crippen molar-refractivity contribution in [1.29, 1.82) is 0 Å². The van der Waals surface area contributed by atoms with Crippen LogP contribution in [0.5, 0.6) is 0 Å². The second kappa shape index (κ2) is 13.3. The van der Waals surface area contributed by atoms with Gasteiger partial charge >= 0.3 is 0 Å². The van der Waals surface area contributed by atoms with Gasteiger partial charge in [0, 0.05) is 32.6 Å². The van der Waals surface area contributed by atoms with E-state index in [1.54, 1.807) is 0 Å². The fraction of sp³-hybridized carbons (Fsp3) is 0. The van der Waals surface area contributed by atoms with E-state index in [0.29, 0.717) is 17.5 Å². The molecule has 246 valence electrons. The number of benzene rings is 8. The number of hydrogen-bond donors (Lipinski definition) is 0. The van der Waals surface area contributed by atoms with E-state index < -0.39 is 7.14 Å². The lowest BCUT2D eigenvalue weighted by atomic mass is 9.88. The third-order valence-electron chi connectivity index (χ3n) is 9.61. The predicted molar refractivity (Wildman–Crippen MR) is 216 cm³/mol. The molecule has 0 saturated carbocycles. The Bertz CT molecular complexity index is 2580. The van der Waals surface area contributed by atoms with E-state index in [9.17, 15) is 0 Å². The van der Waals surface area contributed by atoms with Crippen LogP contribution in [0.4, 0.5) is 0 Å². The molecule has 0 saturated heterocycles. The van der Waals surface area contributed by atoms with Crippen molar-refractivity contribution >= 4 is 44.6 Å². The van der Waals surface area contributed by atoms with Gasteiger partial charge < -0.3 is 4.57 Å². The third-order valence-corrected chi connectivity index (χ3v) is 12.7. The zero-order chi connectivity index (χ0) is 34.9. The van der Waals surface area contributed by atoms with Gasteiger partial charge in [-0.1, -0.05) is 194 Å². The summed E-state index contributed by atoms with van der Waals surface area (Å²) in [6.45, 7) is 0. The van der Waals surface area contributed by atoms with Gasteiger partial charge in [-0.05, 0) is 32.7 Å². The average molecular weight is 686 g/mol. The van der Waals surface area contributed by atoms with Crippen LogP contribution in [-0.4, -0.2) is 15.0 Å². The van der Waals surface area contributed by atoms with Gasteiger partial charge in [0.2, 0.25) is 0 Å². The molecule has 0 atom stereocenters. The van der Waals surface area contributed by atoms with Crippen LogP contribution in [-0.2, 0) is 4.57 Å². The van der Waals surface area contributed by atoms with Gasteiger partial charge in [-0.15, -0.1) is 0 Å². The Morgan fingerprint density at radius 2 is 0.615 bits per heavy atom. The van der Waals surface area contributed by atoms with Crippen molar-refractivity contribution in [2.24, 2.45) is 0 Å². The molecule has 1 aromatic heterocycles. The number of aromatic nitrogens is 3. The molecule has 0 aliphatic heterocycles. The highest BCUT2D eigenvalue weighted by molar-refractivity contribution is 7.85. The summed E-state index contributed by atoms with van der Waals surface area (Å²) in [5, 5.41) is 6.69. The summed E-state index contributed by atoms with van der Waals surface area (Å²) in [6.07, 6.45) is 0. The van der Waals surface area contributed by atoms with Crippen LogP contribution in [0, 0.1) is 0 Å². The smallest absolute Gasteiger partial charge is 0.171 e. The molecule has 52 heavy (non-hydrogen) atoms. The van der Waals surface area contributed by atoms with Crippen molar-refractivity contribution in [2.75, 3.05) is 0 Å². The zero-order valence-corrected chi connectivity index (χ0v) is 29.1. The molecule has 0 spiro atoms. The second-order valence-corrected chi connectivity index (χ2v) is 15.5.